The van der Waals surface area contributed by atoms with Crippen LogP contribution in [0.4, 0.5) is 5.69 Å². The molecule has 20 heavy (non-hydrogen) atoms. The van der Waals surface area contributed by atoms with Crippen LogP contribution in [-0.2, 0) is 22.4 Å². The molecule has 106 valence electrons. The highest BCUT2D eigenvalue weighted by Crippen LogP contribution is 2.41. The van der Waals surface area contributed by atoms with Gasteiger partial charge in [-0.3, -0.25) is 9.59 Å². The van der Waals surface area contributed by atoms with Crippen molar-refractivity contribution >= 4 is 17.6 Å². The van der Waals surface area contributed by atoms with E-state index in [1.807, 2.05) is 12.1 Å². The second-order valence-electron chi connectivity index (χ2n) is 6.01. The van der Waals surface area contributed by atoms with Crippen molar-refractivity contribution in [2.45, 2.75) is 44.9 Å². The molecule has 4 heteroatoms. The van der Waals surface area contributed by atoms with E-state index in [4.69, 9.17) is 0 Å². The first-order valence-corrected chi connectivity index (χ1v) is 7.24. The molecule has 0 atom stereocenters. The molecule has 0 spiro atoms. The Bertz CT molecular complexity index is 559. The van der Waals surface area contributed by atoms with Crippen molar-refractivity contribution in [1.82, 2.24) is 0 Å². The molecule has 2 aliphatic rings. The maximum absolute atomic E-state index is 11.6. The van der Waals surface area contributed by atoms with Gasteiger partial charge in [-0.1, -0.05) is 25.0 Å². The fourth-order valence-corrected chi connectivity index (χ4v) is 3.46. The molecule has 0 unspecified atom stereocenters. The summed E-state index contributed by atoms with van der Waals surface area (Å²) in [6.07, 6.45) is 5.42. The van der Waals surface area contributed by atoms with Crippen LogP contribution in [0.1, 0.15) is 43.2 Å². The minimum Gasteiger partial charge on any atom is -0.481 e. The fraction of sp³-hybridized carbons (Fsp3) is 0.500. The molecule has 2 N–H and O–H groups in total. The topological polar surface area (TPSA) is 66.4 Å². The lowest BCUT2D eigenvalue weighted by atomic mass is 9.79. The van der Waals surface area contributed by atoms with E-state index in [1.165, 1.54) is 0 Å². The molecule has 1 aromatic carbocycles. The van der Waals surface area contributed by atoms with E-state index in [0.29, 0.717) is 12.8 Å². The van der Waals surface area contributed by atoms with E-state index in [9.17, 15) is 14.7 Å². The Kier molecular flexibility index (Phi) is 3.24. The van der Waals surface area contributed by atoms with Crippen LogP contribution in [0.15, 0.2) is 18.2 Å². The lowest BCUT2D eigenvalue weighted by Crippen LogP contribution is -2.30. The number of fused-ring (bicyclic) bond motifs is 1. The van der Waals surface area contributed by atoms with Gasteiger partial charge in [0.1, 0.15) is 0 Å². The van der Waals surface area contributed by atoms with Gasteiger partial charge in [-0.15, -0.1) is 0 Å². The van der Waals surface area contributed by atoms with Crippen molar-refractivity contribution in [3.63, 3.8) is 0 Å². The van der Waals surface area contributed by atoms with Crippen molar-refractivity contribution in [1.29, 1.82) is 0 Å². The highest BCUT2D eigenvalue weighted by atomic mass is 16.4. The third kappa shape index (κ3) is 2.30. The minimum absolute atomic E-state index is 0.0584. The summed E-state index contributed by atoms with van der Waals surface area (Å²) >= 11 is 0. The van der Waals surface area contributed by atoms with Crippen molar-refractivity contribution < 1.29 is 14.7 Å². The predicted molar refractivity (Wildman–Crippen MR) is 75.6 cm³/mol. The minimum atomic E-state index is -0.666. The van der Waals surface area contributed by atoms with E-state index >= 15 is 0 Å². The third-order valence-electron chi connectivity index (χ3n) is 4.62. The summed E-state index contributed by atoms with van der Waals surface area (Å²) in [5.74, 6) is -0.607. The molecule has 1 aromatic rings. The van der Waals surface area contributed by atoms with Crippen LogP contribution in [0.5, 0.6) is 0 Å². The molecule has 1 saturated carbocycles. The average molecular weight is 273 g/mol. The van der Waals surface area contributed by atoms with Gasteiger partial charge in [0.25, 0.3) is 0 Å². The highest BCUT2D eigenvalue weighted by molar-refractivity contribution is 5.93. The summed E-state index contributed by atoms with van der Waals surface area (Å²) in [5.41, 5.74) is 2.50. The van der Waals surface area contributed by atoms with Crippen LogP contribution in [0.25, 0.3) is 0 Å². The zero-order valence-corrected chi connectivity index (χ0v) is 11.4. The van der Waals surface area contributed by atoms with Crippen molar-refractivity contribution in [2.24, 2.45) is 5.41 Å². The van der Waals surface area contributed by atoms with E-state index < -0.39 is 11.4 Å². The summed E-state index contributed by atoms with van der Waals surface area (Å²) < 4.78 is 0. The molecule has 3 rings (SSSR count). The van der Waals surface area contributed by atoms with Crippen LogP contribution >= 0.6 is 0 Å². The smallest absolute Gasteiger partial charge is 0.309 e. The summed E-state index contributed by atoms with van der Waals surface area (Å²) in [4.78, 5) is 22.9. The Balaban J connectivity index is 1.84. The standard InChI is InChI=1S/C16H19NO3/c18-14-6-4-12-9-11(3-5-13(12)17-14)10-16(15(19)20)7-1-2-8-16/h3,5,9H,1-2,4,6-8,10H2,(H,17,18)(H,19,20). The Morgan fingerprint density at radius 1 is 1.25 bits per heavy atom. The molecule has 1 heterocycles. The molecule has 1 aliphatic carbocycles. The zero-order valence-electron chi connectivity index (χ0n) is 11.4. The van der Waals surface area contributed by atoms with Crippen LogP contribution in [0.3, 0.4) is 0 Å². The van der Waals surface area contributed by atoms with Gasteiger partial charge in [-0.05, 0) is 42.9 Å². The Labute approximate surface area is 118 Å². The first kappa shape index (κ1) is 13.2. The molecule has 0 aromatic heterocycles. The third-order valence-corrected chi connectivity index (χ3v) is 4.62. The lowest BCUT2D eigenvalue weighted by molar-refractivity contribution is -0.148. The average Bonchev–Trinajstić information content (AvgIpc) is 2.89. The van der Waals surface area contributed by atoms with Gasteiger partial charge >= 0.3 is 5.97 Å². The number of amides is 1. The van der Waals surface area contributed by atoms with Gasteiger partial charge in [0.2, 0.25) is 5.91 Å². The van der Waals surface area contributed by atoms with E-state index in [1.54, 1.807) is 0 Å². The quantitative estimate of drug-likeness (QED) is 0.890. The van der Waals surface area contributed by atoms with E-state index in [-0.39, 0.29) is 5.91 Å². The van der Waals surface area contributed by atoms with Gasteiger partial charge in [0, 0.05) is 12.1 Å². The predicted octanol–water partition coefficient (Wildman–Crippen LogP) is 2.76. The summed E-state index contributed by atoms with van der Waals surface area (Å²) in [5, 5.41) is 12.4. The molecule has 4 nitrogen and oxygen atoms in total. The SMILES string of the molecule is O=C1CCc2cc(CC3(C(=O)O)CCCC3)ccc2N1. The molecule has 1 amide bonds. The van der Waals surface area contributed by atoms with Crippen LogP contribution in [0.2, 0.25) is 0 Å². The number of carbonyl (C=O) groups is 2. The van der Waals surface area contributed by atoms with E-state index in [0.717, 1.165) is 48.9 Å². The molecule has 1 aliphatic heterocycles. The second-order valence-corrected chi connectivity index (χ2v) is 6.01. The van der Waals surface area contributed by atoms with Gasteiger partial charge in [-0.25, -0.2) is 0 Å². The number of hydrogen-bond donors (Lipinski definition) is 2. The Morgan fingerprint density at radius 2 is 2.00 bits per heavy atom. The number of nitrogens with one attached hydrogen (secondary N) is 1. The first-order chi connectivity index (χ1) is 9.59. The van der Waals surface area contributed by atoms with Crippen LogP contribution in [0, 0.1) is 5.41 Å². The molecule has 0 bridgehead atoms. The molecular formula is C16H19NO3. The van der Waals surface area contributed by atoms with Crippen molar-refractivity contribution in [2.75, 3.05) is 5.32 Å². The normalized spacial score (nSPS) is 20.3. The monoisotopic (exact) mass is 273 g/mol. The molecule has 1 fully saturated rings. The number of rotatable bonds is 3. The number of aliphatic carboxylic acids is 1. The summed E-state index contributed by atoms with van der Waals surface area (Å²) in [7, 11) is 0. The number of benzene rings is 1. The number of carbonyl (C=O) groups excluding carboxylic acids is 1. The maximum atomic E-state index is 11.6. The van der Waals surface area contributed by atoms with Crippen molar-refractivity contribution in [3.8, 4) is 0 Å². The summed E-state index contributed by atoms with van der Waals surface area (Å²) in [6.45, 7) is 0. The largest absolute Gasteiger partial charge is 0.481 e. The highest BCUT2D eigenvalue weighted by Gasteiger charge is 2.41. The van der Waals surface area contributed by atoms with Gasteiger partial charge < -0.3 is 10.4 Å². The fourth-order valence-electron chi connectivity index (χ4n) is 3.46. The van der Waals surface area contributed by atoms with Crippen LogP contribution < -0.4 is 5.32 Å². The molecular weight excluding hydrogens is 254 g/mol. The molecule has 0 radical (unpaired) electrons. The Morgan fingerprint density at radius 3 is 2.70 bits per heavy atom. The number of anilines is 1. The van der Waals surface area contributed by atoms with Crippen LogP contribution in [-0.4, -0.2) is 17.0 Å². The number of carboxylic acids is 1. The van der Waals surface area contributed by atoms with Gasteiger partial charge in [-0.2, -0.15) is 0 Å². The number of aryl methyl sites for hydroxylation is 1. The number of hydrogen-bond acceptors (Lipinski definition) is 2. The molecule has 0 saturated heterocycles. The number of carboxylic acid groups (broad SMARTS) is 1. The first-order valence-electron chi connectivity index (χ1n) is 7.24. The second kappa shape index (κ2) is 4.93. The van der Waals surface area contributed by atoms with Crippen molar-refractivity contribution in [3.05, 3.63) is 29.3 Å². The van der Waals surface area contributed by atoms with E-state index in [2.05, 4.69) is 11.4 Å². The summed E-state index contributed by atoms with van der Waals surface area (Å²) in [6, 6.07) is 5.93. The Hall–Kier alpha value is -1.84. The zero-order chi connectivity index (χ0) is 14.2. The van der Waals surface area contributed by atoms with Gasteiger partial charge in [0.05, 0.1) is 5.41 Å². The lowest BCUT2D eigenvalue weighted by Gasteiger charge is -2.25. The van der Waals surface area contributed by atoms with Gasteiger partial charge in [0.15, 0.2) is 0 Å². The maximum Gasteiger partial charge on any atom is 0.309 e.